The SMILES string of the molecule is COc1cc(/C=C2/SC(=S)N(c3ccc(Br)c(Cl)c3)C2=O)ccc1OCC(=O)Nc1ccc(C)cc1. The summed E-state index contributed by atoms with van der Waals surface area (Å²) in [5.74, 6) is 0.310. The Kier molecular flexibility index (Phi) is 8.35. The van der Waals surface area contributed by atoms with Gasteiger partial charge in [-0.2, -0.15) is 0 Å². The fourth-order valence-electron chi connectivity index (χ4n) is 3.34. The molecule has 1 aliphatic heterocycles. The number of thiocarbonyl (C=S) groups is 1. The van der Waals surface area contributed by atoms with Crippen molar-refractivity contribution < 1.29 is 19.1 Å². The summed E-state index contributed by atoms with van der Waals surface area (Å²) in [6.45, 7) is 1.79. The molecule has 1 N–H and O–H groups in total. The summed E-state index contributed by atoms with van der Waals surface area (Å²) in [6.07, 6.45) is 1.73. The monoisotopic (exact) mass is 602 g/mol. The van der Waals surface area contributed by atoms with Crippen molar-refractivity contribution in [2.75, 3.05) is 23.9 Å². The van der Waals surface area contributed by atoms with Crippen molar-refractivity contribution >= 4 is 85.1 Å². The lowest BCUT2D eigenvalue weighted by atomic mass is 10.2. The van der Waals surface area contributed by atoms with Gasteiger partial charge in [-0.3, -0.25) is 14.5 Å². The molecule has 6 nitrogen and oxygen atoms in total. The van der Waals surface area contributed by atoms with Gasteiger partial charge in [-0.1, -0.05) is 59.3 Å². The van der Waals surface area contributed by atoms with Crippen LogP contribution >= 0.6 is 51.5 Å². The van der Waals surface area contributed by atoms with Crippen LogP contribution in [0, 0.1) is 6.92 Å². The average molecular weight is 604 g/mol. The molecule has 4 rings (SSSR count). The van der Waals surface area contributed by atoms with Gasteiger partial charge in [0.15, 0.2) is 22.4 Å². The molecule has 1 heterocycles. The minimum absolute atomic E-state index is 0.183. The number of aryl methyl sites for hydroxylation is 1. The number of rotatable bonds is 7. The van der Waals surface area contributed by atoms with Crippen molar-refractivity contribution in [1.82, 2.24) is 0 Å². The van der Waals surface area contributed by atoms with Gasteiger partial charge in [0, 0.05) is 10.2 Å². The van der Waals surface area contributed by atoms with E-state index in [-0.39, 0.29) is 18.4 Å². The number of carbonyl (C=O) groups is 2. The van der Waals surface area contributed by atoms with Crippen molar-refractivity contribution in [2.24, 2.45) is 0 Å². The molecular formula is C26H20BrClN2O4S2. The van der Waals surface area contributed by atoms with Crippen LogP contribution in [-0.2, 0) is 9.59 Å². The first kappa shape index (κ1) is 26.2. The standard InChI is InChI=1S/C26H20BrClN2O4S2/c1-15-3-6-17(7-4-15)29-24(31)14-34-21-10-5-16(11-22(21)33-2)12-23-25(32)30(26(35)36-23)18-8-9-19(27)20(28)13-18/h3-13H,14H2,1-2H3,(H,29,31)/b23-12+. The Balaban J connectivity index is 1.45. The van der Waals surface area contributed by atoms with Crippen LogP contribution in [0.1, 0.15) is 11.1 Å². The normalized spacial score (nSPS) is 14.3. The lowest BCUT2D eigenvalue weighted by Crippen LogP contribution is -2.27. The molecule has 1 saturated heterocycles. The zero-order valence-electron chi connectivity index (χ0n) is 19.2. The molecule has 10 heteroatoms. The molecule has 184 valence electrons. The van der Waals surface area contributed by atoms with E-state index in [1.807, 2.05) is 31.2 Å². The van der Waals surface area contributed by atoms with E-state index in [4.69, 9.17) is 33.3 Å². The van der Waals surface area contributed by atoms with Gasteiger partial charge in [-0.25, -0.2) is 0 Å². The summed E-state index contributed by atoms with van der Waals surface area (Å²) in [4.78, 5) is 27.3. The summed E-state index contributed by atoms with van der Waals surface area (Å²) in [5, 5.41) is 3.27. The number of methoxy groups -OCH3 is 1. The minimum atomic E-state index is -0.290. The quantitative estimate of drug-likeness (QED) is 0.236. The molecule has 0 bridgehead atoms. The zero-order valence-corrected chi connectivity index (χ0v) is 23.2. The van der Waals surface area contributed by atoms with Gasteiger partial charge in [0.2, 0.25) is 0 Å². The van der Waals surface area contributed by atoms with E-state index in [0.717, 1.165) is 15.6 Å². The average Bonchev–Trinajstić information content (AvgIpc) is 3.13. The predicted octanol–water partition coefficient (Wildman–Crippen LogP) is 6.84. The maximum atomic E-state index is 13.1. The van der Waals surface area contributed by atoms with Crippen LogP contribution in [0.15, 0.2) is 70.0 Å². The highest BCUT2D eigenvalue weighted by atomic mass is 79.9. The topological polar surface area (TPSA) is 67.9 Å². The zero-order chi connectivity index (χ0) is 25.8. The van der Waals surface area contributed by atoms with Crippen LogP contribution in [0.3, 0.4) is 0 Å². The second kappa shape index (κ2) is 11.5. The number of ether oxygens (including phenoxy) is 2. The molecule has 0 spiro atoms. The first-order valence-electron chi connectivity index (χ1n) is 10.7. The third-order valence-corrected chi connectivity index (χ3v) is 7.67. The van der Waals surface area contributed by atoms with E-state index < -0.39 is 0 Å². The number of halogens is 2. The molecule has 3 aromatic rings. The van der Waals surface area contributed by atoms with E-state index in [0.29, 0.717) is 37.1 Å². The molecule has 0 unspecified atom stereocenters. The lowest BCUT2D eigenvalue weighted by molar-refractivity contribution is -0.118. The Bertz CT molecular complexity index is 1380. The number of nitrogens with zero attached hydrogens (tertiary/aromatic N) is 1. The first-order chi connectivity index (χ1) is 17.2. The Morgan fingerprint density at radius 1 is 1.14 bits per heavy atom. The van der Waals surface area contributed by atoms with Gasteiger partial charge in [0.1, 0.15) is 0 Å². The van der Waals surface area contributed by atoms with Gasteiger partial charge in [0.25, 0.3) is 11.8 Å². The lowest BCUT2D eigenvalue weighted by Gasteiger charge is -2.15. The van der Waals surface area contributed by atoms with Crippen molar-refractivity contribution in [2.45, 2.75) is 6.92 Å². The van der Waals surface area contributed by atoms with Crippen molar-refractivity contribution in [3.63, 3.8) is 0 Å². The minimum Gasteiger partial charge on any atom is -0.493 e. The third-order valence-electron chi connectivity index (χ3n) is 5.13. The highest BCUT2D eigenvalue weighted by molar-refractivity contribution is 9.10. The van der Waals surface area contributed by atoms with Crippen LogP contribution in [0.2, 0.25) is 5.02 Å². The van der Waals surface area contributed by atoms with Gasteiger partial charge in [-0.05, 0) is 77.0 Å². The Labute approximate surface area is 231 Å². The maximum absolute atomic E-state index is 13.1. The molecule has 0 radical (unpaired) electrons. The van der Waals surface area contributed by atoms with Crippen LogP contribution < -0.4 is 19.7 Å². The summed E-state index contributed by atoms with van der Waals surface area (Å²) < 4.78 is 12.3. The van der Waals surface area contributed by atoms with Crippen LogP contribution in [0.5, 0.6) is 11.5 Å². The number of hydrogen-bond acceptors (Lipinski definition) is 6. The summed E-state index contributed by atoms with van der Waals surface area (Å²) in [7, 11) is 1.51. The second-order valence-corrected chi connectivity index (χ2v) is 10.7. The van der Waals surface area contributed by atoms with Gasteiger partial charge < -0.3 is 14.8 Å². The number of benzene rings is 3. The molecule has 0 aromatic heterocycles. The maximum Gasteiger partial charge on any atom is 0.270 e. The highest BCUT2D eigenvalue weighted by Gasteiger charge is 2.33. The molecule has 0 saturated carbocycles. The third kappa shape index (κ3) is 6.10. The molecule has 3 aromatic carbocycles. The predicted molar refractivity (Wildman–Crippen MR) is 153 cm³/mol. The molecular weight excluding hydrogens is 584 g/mol. The Morgan fingerprint density at radius 3 is 2.58 bits per heavy atom. The van der Waals surface area contributed by atoms with E-state index >= 15 is 0 Å². The number of nitrogens with one attached hydrogen (secondary N) is 1. The van der Waals surface area contributed by atoms with Crippen molar-refractivity contribution in [3.8, 4) is 11.5 Å². The van der Waals surface area contributed by atoms with E-state index in [2.05, 4.69) is 21.2 Å². The number of hydrogen-bond donors (Lipinski definition) is 1. The summed E-state index contributed by atoms with van der Waals surface area (Å²) in [6, 6.07) is 17.9. The van der Waals surface area contributed by atoms with Gasteiger partial charge in [0.05, 0.1) is 22.7 Å². The summed E-state index contributed by atoms with van der Waals surface area (Å²) >= 11 is 16.2. The molecule has 2 amide bonds. The largest absolute Gasteiger partial charge is 0.493 e. The Morgan fingerprint density at radius 2 is 1.89 bits per heavy atom. The van der Waals surface area contributed by atoms with Gasteiger partial charge >= 0.3 is 0 Å². The molecule has 1 fully saturated rings. The van der Waals surface area contributed by atoms with E-state index in [9.17, 15) is 9.59 Å². The van der Waals surface area contributed by atoms with Crippen LogP contribution in [0.4, 0.5) is 11.4 Å². The fourth-order valence-corrected chi connectivity index (χ4v) is 5.06. The van der Waals surface area contributed by atoms with Crippen LogP contribution in [-0.4, -0.2) is 29.9 Å². The molecule has 36 heavy (non-hydrogen) atoms. The van der Waals surface area contributed by atoms with Crippen molar-refractivity contribution in [1.29, 1.82) is 0 Å². The van der Waals surface area contributed by atoms with Crippen molar-refractivity contribution in [3.05, 3.63) is 86.2 Å². The number of carbonyl (C=O) groups excluding carboxylic acids is 2. The molecule has 1 aliphatic rings. The number of anilines is 2. The summed E-state index contributed by atoms with van der Waals surface area (Å²) in [5.41, 5.74) is 3.12. The number of thioether (sulfide) groups is 1. The smallest absolute Gasteiger partial charge is 0.270 e. The fraction of sp³-hybridized carbons (Fsp3) is 0.115. The second-order valence-electron chi connectivity index (χ2n) is 7.73. The molecule has 0 aliphatic carbocycles. The molecule has 0 atom stereocenters. The van der Waals surface area contributed by atoms with Gasteiger partial charge in [-0.15, -0.1) is 0 Å². The van der Waals surface area contributed by atoms with E-state index in [1.54, 1.807) is 42.5 Å². The van der Waals surface area contributed by atoms with Crippen LogP contribution in [0.25, 0.3) is 6.08 Å². The first-order valence-corrected chi connectivity index (χ1v) is 13.0. The highest BCUT2D eigenvalue weighted by Crippen LogP contribution is 2.38. The number of amides is 2. The van der Waals surface area contributed by atoms with E-state index in [1.165, 1.54) is 23.8 Å². The Hall–Kier alpha value is -2.85.